The van der Waals surface area contributed by atoms with Crippen LogP contribution >= 0.6 is 0 Å². The smallest absolute Gasteiger partial charge is 0.303 e. The number of likely N-dealkylation sites (N-methyl/N-ethyl adjacent to an activating group) is 1. The molecule has 90 valence electrons. The highest BCUT2D eigenvalue weighted by molar-refractivity contribution is 5.66. The lowest BCUT2D eigenvalue weighted by molar-refractivity contribution is -0.138. The van der Waals surface area contributed by atoms with Gasteiger partial charge in [0.15, 0.2) is 0 Å². The molecule has 1 rings (SSSR count). The van der Waals surface area contributed by atoms with Crippen molar-refractivity contribution in [2.24, 2.45) is 5.92 Å². The van der Waals surface area contributed by atoms with Crippen LogP contribution in [0.2, 0.25) is 0 Å². The second kappa shape index (κ2) is 6.33. The number of carbonyl (C=O) groups is 1. The van der Waals surface area contributed by atoms with E-state index in [2.05, 4.69) is 16.0 Å². The third kappa shape index (κ3) is 4.98. The van der Waals surface area contributed by atoms with Crippen molar-refractivity contribution >= 4 is 5.97 Å². The van der Waals surface area contributed by atoms with Gasteiger partial charge in [0.05, 0.1) is 0 Å². The molecule has 16 heavy (non-hydrogen) atoms. The first-order chi connectivity index (χ1) is 7.58. The molecule has 2 N–H and O–H groups in total. The van der Waals surface area contributed by atoms with Crippen LogP contribution in [-0.2, 0) is 11.2 Å². The summed E-state index contributed by atoms with van der Waals surface area (Å²) >= 11 is 0. The topological polar surface area (TPSA) is 56.3 Å². The Kier molecular flexibility index (Phi) is 5.05. The van der Waals surface area contributed by atoms with Gasteiger partial charge in [-0.2, -0.15) is 0 Å². The molecule has 1 heterocycles. The molecule has 0 aliphatic rings. The number of hydrogen-bond acceptors (Lipinski definition) is 2. The number of aromatic nitrogens is 1. The molecule has 4 nitrogen and oxygen atoms in total. The molecule has 1 aromatic rings. The van der Waals surface area contributed by atoms with Gasteiger partial charge in [-0.25, -0.2) is 0 Å². The number of carboxylic acids is 1. The minimum Gasteiger partial charge on any atom is -0.481 e. The van der Waals surface area contributed by atoms with Crippen LogP contribution in [0.4, 0.5) is 0 Å². The van der Waals surface area contributed by atoms with Gasteiger partial charge in [-0.3, -0.25) is 4.79 Å². The molecule has 0 amide bonds. The number of carboxylic acid groups (broad SMARTS) is 1. The van der Waals surface area contributed by atoms with Crippen LogP contribution in [0.1, 0.15) is 19.0 Å². The van der Waals surface area contributed by atoms with Crippen molar-refractivity contribution in [1.82, 2.24) is 9.88 Å². The highest BCUT2D eigenvalue weighted by Gasteiger charge is 2.10. The molecule has 0 bridgehead atoms. The molecule has 4 heteroatoms. The van der Waals surface area contributed by atoms with E-state index in [1.165, 1.54) is 5.69 Å². The lowest BCUT2D eigenvalue weighted by atomic mass is 10.1. The third-order valence-electron chi connectivity index (χ3n) is 2.57. The first kappa shape index (κ1) is 12.8. The normalized spacial score (nSPS) is 12.9. The lowest BCUT2D eigenvalue weighted by Crippen LogP contribution is -2.27. The number of nitrogens with one attached hydrogen (secondary N) is 1. The summed E-state index contributed by atoms with van der Waals surface area (Å²) in [5, 5.41) is 8.65. The Morgan fingerprint density at radius 2 is 2.38 bits per heavy atom. The van der Waals surface area contributed by atoms with E-state index in [9.17, 15) is 4.79 Å². The lowest BCUT2D eigenvalue weighted by Gasteiger charge is -2.19. The molecule has 0 fully saturated rings. The molecule has 0 aliphatic heterocycles. The predicted octanol–water partition coefficient (Wildman–Crippen LogP) is 1.60. The van der Waals surface area contributed by atoms with Gasteiger partial charge in [-0.05, 0) is 25.1 Å². The highest BCUT2D eigenvalue weighted by Crippen LogP contribution is 2.05. The summed E-state index contributed by atoms with van der Waals surface area (Å²) < 4.78 is 0. The summed E-state index contributed by atoms with van der Waals surface area (Å²) in [6.07, 6.45) is 3.14. The van der Waals surface area contributed by atoms with Gasteiger partial charge in [-0.15, -0.1) is 0 Å². The fourth-order valence-electron chi connectivity index (χ4n) is 1.82. The Morgan fingerprint density at radius 1 is 1.62 bits per heavy atom. The predicted molar refractivity (Wildman–Crippen MR) is 63.4 cm³/mol. The number of H-pyrrole nitrogens is 1. The van der Waals surface area contributed by atoms with Gasteiger partial charge in [0, 0.05) is 37.8 Å². The van der Waals surface area contributed by atoms with E-state index in [1.54, 1.807) is 0 Å². The summed E-state index contributed by atoms with van der Waals surface area (Å²) in [5.74, 6) is -0.517. The zero-order valence-corrected chi connectivity index (χ0v) is 9.94. The Morgan fingerprint density at radius 3 is 2.94 bits per heavy atom. The minimum atomic E-state index is -0.717. The summed E-state index contributed by atoms with van der Waals surface area (Å²) in [6, 6.07) is 4.05. The Bertz CT molecular complexity index is 309. The van der Waals surface area contributed by atoms with E-state index in [0.717, 1.165) is 19.5 Å². The maximum Gasteiger partial charge on any atom is 0.303 e. The van der Waals surface area contributed by atoms with E-state index >= 15 is 0 Å². The second-order valence-corrected chi connectivity index (χ2v) is 4.41. The van der Waals surface area contributed by atoms with E-state index in [0.29, 0.717) is 0 Å². The third-order valence-corrected chi connectivity index (χ3v) is 2.57. The van der Waals surface area contributed by atoms with Crippen molar-refractivity contribution in [3.63, 3.8) is 0 Å². The second-order valence-electron chi connectivity index (χ2n) is 4.41. The molecule has 0 saturated heterocycles. The monoisotopic (exact) mass is 224 g/mol. The SMILES string of the molecule is CC(CC(=O)O)CN(C)CCc1ccc[nH]1. The molecular weight excluding hydrogens is 204 g/mol. The van der Waals surface area contributed by atoms with Gasteiger partial charge >= 0.3 is 5.97 Å². The average molecular weight is 224 g/mol. The first-order valence-electron chi connectivity index (χ1n) is 5.60. The standard InChI is InChI=1S/C12H20N2O2/c1-10(8-12(15)16)9-14(2)7-5-11-4-3-6-13-11/h3-4,6,10,13H,5,7-9H2,1-2H3,(H,15,16). The summed E-state index contributed by atoms with van der Waals surface area (Å²) in [6.45, 7) is 3.75. The Balaban J connectivity index is 2.20. The molecule has 0 aromatic carbocycles. The van der Waals surface area contributed by atoms with E-state index in [4.69, 9.17) is 5.11 Å². The van der Waals surface area contributed by atoms with Gasteiger partial charge in [0.2, 0.25) is 0 Å². The van der Waals surface area contributed by atoms with Crippen molar-refractivity contribution < 1.29 is 9.90 Å². The summed E-state index contributed by atoms with van der Waals surface area (Å²) in [5.41, 5.74) is 1.22. The van der Waals surface area contributed by atoms with Crippen LogP contribution in [0.25, 0.3) is 0 Å². The molecule has 1 unspecified atom stereocenters. The summed E-state index contributed by atoms with van der Waals surface area (Å²) in [7, 11) is 2.03. The van der Waals surface area contributed by atoms with Gasteiger partial charge in [-0.1, -0.05) is 6.92 Å². The number of aliphatic carboxylic acids is 1. The van der Waals surface area contributed by atoms with E-state index < -0.39 is 5.97 Å². The van der Waals surface area contributed by atoms with Crippen molar-refractivity contribution in [3.05, 3.63) is 24.0 Å². The maximum absolute atomic E-state index is 10.5. The van der Waals surface area contributed by atoms with Gasteiger partial charge in [0.1, 0.15) is 0 Å². The van der Waals surface area contributed by atoms with E-state index in [1.807, 2.05) is 26.2 Å². The zero-order valence-electron chi connectivity index (χ0n) is 9.94. The highest BCUT2D eigenvalue weighted by atomic mass is 16.4. The molecule has 0 saturated carbocycles. The average Bonchev–Trinajstić information content (AvgIpc) is 2.65. The van der Waals surface area contributed by atoms with Crippen LogP contribution in [-0.4, -0.2) is 41.1 Å². The molecule has 1 atom stereocenters. The molecule has 0 spiro atoms. The number of rotatable bonds is 7. The fourth-order valence-corrected chi connectivity index (χ4v) is 1.82. The van der Waals surface area contributed by atoms with Gasteiger partial charge < -0.3 is 15.0 Å². The van der Waals surface area contributed by atoms with Crippen LogP contribution in [0.3, 0.4) is 0 Å². The number of hydrogen-bond donors (Lipinski definition) is 2. The van der Waals surface area contributed by atoms with Gasteiger partial charge in [0.25, 0.3) is 0 Å². The van der Waals surface area contributed by atoms with Crippen LogP contribution in [0.15, 0.2) is 18.3 Å². The number of aromatic amines is 1. The fraction of sp³-hybridized carbons (Fsp3) is 0.583. The number of nitrogens with zero attached hydrogens (tertiary/aromatic N) is 1. The van der Waals surface area contributed by atoms with Crippen LogP contribution < -0.4 is 0 Å². The first-order valence-corrected chi connectivity index (χ1v) is 5.60. The van der Waals surface area contributed by atoms with Crippen molar-refractivity contribution in [3.8, 4) is 0 Å². The van der Waals surface area contributed by atoms with E-state index in [-0.39, 0.29) is 12.3 Å². The molecule has 0 aliphatic carbocycles. The Labute approximate surface area is 96.3 Å². The van der Waals surface area contributed by atoms with Crippen molar-refractivity contribution in [2.45, 2.75) is 19.8 Å². The zero-order chi connectivity index (χ0) is 12.0. The minimum absolute atomic E-state index is 0.200. The molecule has 1 aromatic heterocycles. The largest absolute Gasteiger partial charge is 0.481 e. The van der Waals surface area contributed by atoms with Crippen LogP contribution in [0, 0.1) is 5.92 Å². The van der Waals surface area contributed by atoms with Crippen LogP contribution in [0.5, 0.6) is 0 Å². The summed E-state index contributed by atoms with van der Waals surface area (Å²) in [4.78, 5) is 15.8. The Hall–Kier alpha value is -1.29. The molecule has 0 radical (unpaired) electrons. The van der Waals surface area contributed by atoms with Crippen molar-refractivity contribution in [2.75, 3.05) is 20.1 Å². The molecular formula is C12H20N2O2. The quantitative estimate of drug-likeness (QED) is 0.739. The van der Waals surface area contributed by atoms with Crippen molar-refractivity contribution in [1.29, 1.82) is 0 Å². The maximum atomic E-state index is 10.5.